The fourth-order valence-corrected chi connectivity index (χ4v) is 6.48. The van der Waals surface area contributed by atoms with Crippen LogP contribution in [0.1, 0.15) is 30.9 Å². The second kappa shape index (κ2) is 8.62. The van der Waals surface area contributed by atoms with Gasteiger partial charge in [-0.15, -0.1) is 16.4 Å². The zero-order valence-electron chi connectivity index (χ0n) is 19.2. The second-order valence-corrected chi connectivity index (χ2v) is 11.2. The van der Waals surface area contributed by atoms with E-state index in [1.165, 1.54) is 15.9 Å². The van der Waals surface area contributed by atoms with Crippen LogP contribution in [-0.4, -0.2) is 53.9 Å². The Balaban J connectivity index is 1.57. The van der Waals surface area contributed by atoms with E-state index in [2.05, 4.69) is 15.2 Å². The Morgan fingerprint density at radius 2 is 1.94 bits per heavy atom. The lowest BCUT2D eigenvalue weighted by molar-refractivity contribution is -0.148. The third kappa shape index (κ3) is 3.72. The van der Waals surface area contributed by atoms with Gasteiger partial charge in [0.1, 0.15) is 0 Å². The summed E-state index contributed by atoms with van der Waals surface area (Å²) in [5.41, 5.74) is 2.85. The van der Waals surface area contributed by atoms with Crippen molar-refractivity contribution in [2.45, 2.75) is 43.5 Å². The molecule has 5 rings (SSSR count). The minimum Gasteiger partial charge on any atom is -0.466 e. The number of ether oxygens (including phenoxy) is 1. The number of esters is 1. The van der Waals surface area contributed by atoms with Crippen LogP contribution in [0.25, 0.3) is 15.9 Å². The molecule has 34 heavy (non-hydrogen) atoms. The molecule has 0 unspecified atom stereocenters. The molecule has 0 aliphatic carbocycles. The number of fused-ring (bicyclic) bond motifs is 3. The monoisotopic (exact) mass is 499 g/mol. The van der Waals surface area contributed by atoms with Gasteiger partial charge in [0, 0.05) is 13.1 Å². The Morgan fingerprint density at radius 1 is 1.18 bits per heavy atom. The lowest BCUT2D eigenvalue weighted by Gasteiger charge is -2.32. The molecule has 0 spiro atoms. The number of carbonyl (C=O) groups is 1. The summed E-state index contributed by atoms with van der Waals surface area (Å²) in [5, 5.41) is 9.97. The molecule has 0 atom stereocenters. The highest BCUT2D eigenvalue weighted by Crippen LogP contribution is 2.35. The van der Waals surface area contributed by atoms with Gasteiger partial charge in [-0.05, 0) is 68.3 Å². The molecule has 11 heteroatoms. The van der Waals surface area contributed by atoms with E-state index in [1.54, 1.807) is 18.2 Å². The van der Waals surface area contributed by atoms with Crippen molar-refractivity contribution < 1.29 is 17.9 Å². The van der Waals surface area contributed by atoms with Gasteiger partial charge < -0.3 is 9.64 Å². The predicted molar refractivity (Wildman–Crippen MR) is 129 cm³/mol. The van der Waals surface area contributed by atoms with Crippen molar-refractivity contribution in [2.75, 3.05) is 24.6 Å². The van der Waals surface area contributed by atoms with Crippen LogP contribution in [0.4, 0.5) is 5.82 Å². The average Bonchev–Trinajstić information content (AvgIpc) is 3.48. The number of rotatable bonds is 5. The molecule has 1 saturated heterocycles. The van der Waals surface area contributed by atoms with Crippen molar-refractivity contribution in [1.82, 2.24) is 19.8 Å². The molecule has 1 aliphatic heterocycles. The van der Waals surface area contributed by atoms with Gasteiger partial charge in [0.2, 0.25) is 14.9 Å². The van der Waals surface area contributed by atoms with E-state index in [-0.39, 0.29) is 27.5 Å². The van der Waals surface area contributed by atoms with Crippen LogP contribution in [0.3, 0.4) is 0 Å². The molecule has 0 bridgehead atoms. The maximum absolute atomic E-state index is 13.5. The highest BCUT2D eigenvalue weighted by Gasteiger charge is 2.31. The molecule has 3 aromatic heterocycles. The van der Waals surface area contributed by atoms with Gasteiger partial charge in [-0.25, -0.2) is 13.4 Å². The van der Waals surface area contributed by atoms with Crippen molar-refractivity contribution in [3.05, 3.63) is 40.8 Å². The molecule has 0 saturated carbocycles. The smallest absolute Gasteiger partial charge is 0.309 e. The van der Waals surface area contributed by atoms with Crippen molar-refractivity contribution in [3.63, 3.8) is 0 Å². The third-order valence-electron chi connectivity index (χ3n) is 6.36. The summed E-state index contributed by atoms with van der Waals surface area (Å²) in [5.74, 6) is 0.406. The molecule has 0 amide bonds. The zero-order chi connectivity index (χ0) is 24.0. The number of piperidine rings is 1. The van der Waals surface area contributed by atoms with Gasteiger partial charge in [-0.1, -0.05) is 11.3 Å². The summed E-state index contributed by atoms with van der Waals surface area (Å²) in [4.78, 5) is 19.2. The highest BCUT2D eigenvalue weighted by atomic mass is 32.2. The molecule has 0 radical (unpaired) electrons. The normalized spacial score (nSPS) is 15.3. The fourth-order valence-electron chi connectivity index (χ4n) is 4.28. The van der Waals surface area contributed by atoms with Crippen LogP contribution in [-0.2, 0) is 19.4 Å². The first-order valence-corrected chi connectivity index (χ1v) is 13.5. The Kier molecular flexibility index (Phi) is 5.76. The van der Waals surface area contributed by atoms with Crippen molar-refractivity contribution in [3.8, 4) is 0 Å². The van der Waals surface area contributed by atoms with Crippen LogP contribution >= 0.6 is 11.3 Å². The maximum atomic E-state index is 13.5. The fraction of sp³-hybridized carbons (Fsp3) is 0.391. The molecule has 4 aromatic rings. The summed E-state index contributed by atoms with van der Waals surface area (Å²) in [6, 6.07) is 6.93. The van der Waals surface area contributed by atoms with Crippen LogP contribution in [0.15, 0.2) is 39.6 Å². The average molecular weight is 500 g/mol. The van der Waals surface area contributed by atoms with Gasteiger partial charge in [-0.3, -0.25) is 4.79 Å². The number of aromatic nitrogens is 4. The molecule has 0 N–H and O–H groups in total. The van der Waals surface area contributed by atoms with E-state index < -0.39 is 9.84 Å². The second-order valence-electron chi connectivity index (χ2n) is 8.46. The number of nitrogens with zero attached hydrogens (tertiary/aromatic N) is 5. The molecule has 9 nitrogen and oxygen atoms in total. The molecule has 4 heterocycles. The highest BCUT2D eigenvalue weighted by molar-refractivity contribution is 7.91. The van der Waals surface area contributed by atoms with Gasteiger partial charge in [0.25, 0.3) is 0 Å². The van der Waals surface area contributed by atoms with Crippen molar-refractivity contribution in [2.24, 2.45) is 5.92 Å². The number of aryl methyl sites for hydroxylation is 2. The number of hydrogen-bond acceptors (Lipinski definition) is 9. The van der Waals surface area contributed by atoms with Gasteiger partial charge >= 0.3 is 5.97 Å². The molecule has 1 aromatic carbocycles. The number of sulfone groups is 1. The van der Waals surface area contributed by atoms with Crippen molar-refractivity contribution >= 4 is 48.8 Å². The Bertz CT molecular complexity index is 1500. The summed E-state index contributed by atoms with van der Waals surface area (Å²) < 4.78 is 34.6. The SMILES string of the molecule is CCOC(=O)C1CCN(c2nc3c(S(=O)(=O)c4ccc(C)c(C)c4)nnn3c3ccsc23)CC1. The number of hydrogen-bond donors (Lipinski definition) is 0. The van der Waals surface area contributed by atoms with E-state index in [0.717, 1.165) is 21.3 Å². The lowest BCUT2D eigenvalue weighted by Crippen LogP contribution is -2.37. The Labute approximate surface area is 201 Å². The standard InChI is InChI=1S/C23H25N5O4S2/c1-4-32-23(29)16-7-10-27(11-8-16)20-19-18(9-12-33-19)28-21(24-20)22(25-26-28)34(30,31)17-6-5-14(2)15(3)13-17/h5-6,9,12-13,16H,4,7-8,10-11H2,1-3H3. The van der Waals surface area contributed by atoms with Crippen molar-refractivity contribution in [1.29, 1.82) is 0 Å². The number of carbonyl (C=O) groups excluding carboxylic acids is 1. The Hall–Kier alpha value is -3.05. The number of benzene rings is 1. The third-order valence-corrected chi connectivity index (χ3v) is 8.91. The quantitative estimate of drug-likeness (QED) is 0.384. The van der Waals surface area contributed by atoms with Gasteiger partial charge in [0.05, 0.1) is 27.6 Å². The molecule has 1 aliphatic rings. The van der Waals surface area contributed by atoms with E-state index in [0.29, 0.717) is 38.4 Å². The van der Waals surface area contributed by atoms with Crippen LogP contribution in [0.5, 0.6) is 0 Å². The lowest BCUT2D eigenvalue weighted by atomic mass is 9.97. The van der Waals surface area contributed by atoms with Crippen LogP contribution < -0.4 is 4.90 Å². The molecule has 1 fully saturated rings. The van der Waals surface area contributed by atoms with Gasteiger partial charge in [0.15, 0.2) is 11.5 Å². The first kappa shape index (κ1) is 22.7. The van der Waals surface area contributed by atoms with E-state index in [1.807, 2.05) is 32.2 Å². The van der Waals surface area contributed by atoms with E-state index >= 15 is 0 Å². The van der Waals surface area contributed by atoms with Crippen LogP contribution in [0, 0.1) is 19.8 Å². The summed E-state index contributed by atoms with van der Waals surface area (Å²) in [6.07, 6.45) is 1.31. The maximum Gasteiger partial charge on any atom is 0.309 e. The minimum atomic E-state index is -3.92. The zero-order valence-corrected chi connectivity index (χ0v) is 20.8. The summed E-state index contributed by atoms with van der Waals surface area (Å²) >= 11 is 1.52. The van der Waals surface area contributed by atoms with Gasteiger partial charge in [-0.2, -0.15) is 4.52 Å². The van der Waals surface area contributed by atoms with E-state index in [9.17, 15) is 13.2 Å². The van der Waals surface area contributed by atoms with Crippen LogP contribution in [0.2, 0.25) is 0 Å². The summed E-state index contributed by atoms with van der Waals surface area (Å²) in [6.45, 7) is 7.25. The largest absolute Gasteiger partial charge is 0.466 e. The molecule has 178 valence electrons. The van der Waals surface area contributed by atoms with E-state index in [4.69, 9.17) is 9.72 Å². The first-order valence-electron chi connectivity index (χ1n) is 11.2. The molecular weight excluding hydrogens is 474 g/mol. The Morgan fingerprint density at radius 3 is 2.65 bits per heavy atom. The number of thiophene rings is 1. The molecular formula is C23H25N5O4S2. The topological polar surface area (TPSA) is 107 Å². The predicted octanol–water partition coefficient (Wildman–Crippen LogP) is 3.57. The summed E-state index contributed by atoms with van der Waals surface area (Å²) in [7, 11) is -3.92. The first-order chi connectivity index (χ1) is 16.3. The number of anilines is 1. The minimum absolute atomic E-state index is 0.129.